The number of hydrogen-bond acceptors (Lipinski definition) is 5. The Morgan fingerprint density at radius 2 is 1.75 bits per heavy atom. The van der Waals surface area contributed by atoms with Gasteiger partial charge in [-0.05, 0) is 48.0 Å². The normalized spacial score (nSPS) is 21.6. The number of nitrogens with zero attached hydrogens (tertiary/aromatic N) is 2. The number of likely N-dealkylation sites (tertiary alicyclic amines) is 1. The smallest absolute Gasteiger partial charge is 0.410 e. The summed E-state index contributed by atoms with van der Waals surface area (Å²) in [6.45, 7) is 11.9. The van der Waals surface area contributed by atoms with Crippen molar-refractivity contribution in [3.8, 4) is 6.07 Å². The Labute approximate surface area is 144 Å². The zero-order chi connectivity index (χ0) is 18.5. The van der Waals surface area contributed by atoms with E-state index in [4.69, 9.17) is 9.47 Å². The van der Waals surface area contributed by atoms with Gasteiger partial charge in [0.25, 0.3) is 0 Å². The summed E-state index contributed by atoms with van der Waals surface area (Å²) in [4.78, 5) is 25.6. The topological polar surface area (TPSA) is 91.7 Å². The summed E-state index contributed by atoms with van der Waals surface area (Å²) in [6.07, 6.45) is -0.342. The molecule has 0 bridgehead atoms. The van der Waals surface area contributed by atoms with Crippen LogP contribution in [-0.4, -0.2) is 47.9 Å². The molecule has 0 aliphatic carbocycles. The number of carbonyl (C=O) groups is 2. The van der Waals surface area contributed by atoms with E-state index in [1.807, 2.05) is 20.8 Å². The summed E-state index contributed by atoms with van der Waals surface area (Å²) in [5.74, 6) is -0.359. The van der Waals surface area contributed by atoms with Gasteiger partial charge in [0.2, 0.25) is 0 Å². The van der Waals surface area contributed by atoms with Crippen LogP contribution in [-0.2, 0) is 9.47 Å². The lowest BCUT2D eigenvalue weighted by Gasteiger charge is -2.36. The molecule has 0 radical (unpaired) electrons. The van der Waals surface area contributed by atoms with E-state index in [1.165, 1.54) is 0 Å². The second kappa shape index (κ2) is 7.73. The molecule has 1 fully saturated rings. The minimum Gasteiger partial charge on any atom is -0.444 e. The van der Waals surface area contributed by atoms with Crippen molar-refractivity contribution in [2.45, 2.75) is 59.2 Å². The predicted molar refractivity (Wildman–Crippen MR) is 89.3 cm³/mol. The van der Waals surface area contributed by atoms with Crippen molar-refractivity contribution in [1.29, 1.82) is 5.26 Å². The monoisotopic (exact) mass is 339 g/mol. The van der Waals surface area contributed by atoms with Crippen molar-refractivity contribution < 1.29 is 19.1 Å². The molecule has 7 nitrogen and oxygen atoms in total. The molecule has 2 amide bonds. The third-order valence-electron chi connectivity index (χ3n) is 3.46. The van der Waals surface area contributed by atoms with Crippen LogP contribution in [0, 0.1) is 23.2 Å². The minimum atomic E-state index is -0.576. The van der Waals surface area contributed by atoms with Gasteiger partial charge in [0.15, 0.2) is 0 Å². The van der Waals surface area contributed by atoms with E-state index in [0.717, 1.165) is 0 Å². The Morgan fingerprint density at radius 1 is 1.17 bits per heavy atom. The molecule has 0 aromatic heterocycles. The van der Waals surface area contributed by atoms with E-state index in [1.54, 1.807) is 25.7 Å². The highest BCUT2D eigenvalue weighted by molar-refractivity contribution is 5.69. The average Bonchev–Trinajstić information content (AvgIpc) is 2.41. The average molecular weight is 339 g/mol. The number of carbonyl (C=O) groups excluding carboxylic acids is 2. The molecule has 2 atom stereocenters. The van der Waals surface area contributed by atoms with E-state index >= 15 is 0 Å². The maximum Gasteiger partial charge on any atom is 0.410 e. The van der Waals surface area contributed by atoms with Crippen LogP contribution in [0.15, 0.2) is 0 Å². The molecule has 0 unspecified atom stereocenters. The lowest BCUT2D eigenvalue weighted by molar-refractivity contribution is 0.0130. The molecule has 1 rings (SSSR count). The first-order chi connectivity index (χ1) is 10.9. The highest BCUT2D eigenvalue weighted by Crippen LogP contribution is 2.24. The van der Waals surface area contributed by atoms with E-state index in [0.29, 0.717) is 19.5 Å². The first kappa shape index (κ1) is 20.1. The summed E-state index contributed by atoms with van der Waals surface area (Å²) >= 11 is 0. The van der Waals surface area contributed by atoms with Gasteiger partial charge in [-0.15, -0.1) is 0 Å². The second-order valence-corrected chi connectivity index (χ2v) is 8.09. The number of hydrogen-bond donors (Lipinski definition) is 1. The second-order valence-electron chi connectivity index (χ2n) is 8.09. The fourth-order valence-corrected chi connectivity index (χ4v) is 2.43. The first-order valence-corrected chi connectivity index (χ1v) is 8.25. The van der Waals surface area contributed by atoms with E-state index in [-0.39, 0.29) is 24.5 Å². The van der Waals surface area contributed by atoms with Crippen molar-refractivity contribution in [3.05, 3.63) is 0 Å². The minimum absolute atomic E-state index is 0.149. The van der Waals surface area contributed by atoms with Crippen molar-refractivity contribution in [3.63, 3.8) is 0 Å². The molecule has 0 saturated carbocycles. The third kappa shape index (κ3) is 7.07. The number of nitrogens with one attached hydrogen (secondary N) is 1. The van der Waals surface area contributed by atoms with Gasteiger partial charge >= 0.3 is 12.2 Å². The maximum absolute atomic E-state index is 12.2. The third-order valence-corrected chi connectivity index (χ3v) is 3.46. The molecular weight excluding hydrogens is 310 g/mol. The number of nitriles is 1. The van der Waals surface area contributed by atoms with Crippen LogP contribution in [0.3, 0.4) is 0 Å². The quantitative estimate of drug-likeness (QED) is 0.835. The van der Waals surface area contributed by atoms with Gasteiger partial charge in [0.05, 0.1) is 12.0 Å². The number of ether oxygens (including phenoxy) is 2. The van der Waals surface area contributed by atoms with Gasteiger partial charge < -0.3 is 19.7 Å². The summed E-state index contributed by atoms with van der Waals surface area (Å²) in [6, 6.07) is 2.26. The van der Waals surface area contributed by atoms with Crippen molar-refractivity contribution in [1.82, 2.24) is 10.2 Å². The molecule has 0 spiro atoms. The molecule has 7 heteroatoms. The van der Waals surface area contributed by atoms with Crippen molar-refractivity contribution >= 4 is 12.2 Å². The molecule has 24 heavy (non-hydrogen) atoms. The SMILES string of the molecule is CC(C)(C)OC(=O)NC[C@@H]1CN(C(=O)OC(C)(C)C)CC[C@H]1C#N. The predicted octanol–water partition coefficient (Wildman–Crippen LogP) is 2.91. The van der Waals surface area contributed by atoms with Gasteiger partial charge in [0, 0.05) is 25.6 Å². The Kier molecular flexibility index (Phi) is 6.47. The summed E-state index contributed by atoms with van der Waals surface area (Å²) in [5.41, 5.74) is -1.14. The van der Waals surface area contributed by atoms with Crippen LogP contribution >= 0.6 is 0 Å². The molecule has 1 saturated heterocycles. The zero-order valence-corrected chi connectivity index (χ0v) is 15.5. The Hall–Kier alpha value is -1.97. The van der Waals surface area contributed by atoms with Gasteiger partial charge in [-0.3, -0.25) is 0 Å². The largest absolute Gasteiger partial charge is 0.444 e. The van der Waals surface area contributed by atoms with Crippen LogP contribution in [0.5, 0.6) is 0 Å². The number of piperidine rings is 1. The molecule has 1 aliphatic heterocycles. The summed E-state index contributed by atoms with van der Waals surface area (Å²) in [5, 5.41) is 12.0. The molecule has 1 N–H and O–H groups in total. The van der Waals surface area contributed by atoms with E-state index in [2.05, 4.69) is 11.4 Å². The lowest BCUT2D eigenvalue weighted by atomic mass is 9.86. The molecule has 1 heterocycles. The Balaban J connectivity index is 2.61. The highest BCUT2D eigenvalue weighted by atomic mass is 16.6. The molecule has 136 valence electrons. The highest BCUT2D eigenvalue weighted by Gasteiger charge is 2.34. The standard InChI is InChI=1S/C17H29N3O4/c1-16(2,3)23-14(21)19-10-13-11-20(8-7-12(13)9-18)15(22)24-17(4,5)6/h12-13H,7-8,10-11H2,1-6H3,(H,19,21)/t12-,13+/m0/s1. The van der Waals surface area contributed by atoms with Crippen LogP contribution < -0.4 is 5.32 Å². The number of amides is 2. The van der Waals surface area contributed by atoms with Crippen molar-refractivity contribution in [2.75, 3.05) is 19.6 Å². The van der Waals surface area contributed by atoms with Gasteiger partial charge in [-0.25, -0.2) is 9.59 Å². The van der Waals surface area contributed by atoms with Gasteiger partial charge in [-0.2, -0.15) is 5.26 Å². The number of alkyl carbamates (subject to hydrolysis) is 1. The van der Waals surface area contributed by atoms with Gasteiger partial charge in [-0.1, -0.05) is 0 Å². The van der Waals surface area contributed by atoms with Crippen LogP contribution in [0.1, 0.15) is 48.0 Å². The van der Waals surface area contributed by atoms with Crippen LogP contribution in [0.25, 0.3) is 0 Å². The molecular formula is C17H29N3O4. The van der Waals surface area contributed by atoms with Crippen molar-refractivity contribution in [2.24, 2.45) is 11.8 Å². The fraction of sp³-hybridized carbons (Fsp3) is 0.824. The lowest BCUT2D eigenvalue weighted by Crippen LogP contribution is -2.49. The van der Waals surface area contributed by atoms with E-state index < -0.39 is 17.3 Å². The fourth-order valence-electron chi connectivity index (χ4n) is 2.43. The van der Waals surface area contributed by atoms with E-state index in [9.17, 15) is 14.9 Å². The summed E-state index contributed by atoms with van der Waals surface area (Å²) in [7, 11) is 0. The zero-order valence-electron chi connectivity index (χ0n) is 15.5. The Morgan fingerprint density at radius 3 is 2.25 bits per heavy atom. The molecule has 0 aromatic rings. The van der Waals surface area contributed by atoms with Gasteiger partial charge in [0.1, 0.15) is 11.2 Å². The number of rotatable bonds is 2. The molecule has 1 aliphatic rings. The van der Waals surface area contributed by atoms with Crippen LogP contribution in [0.2, 0.25) is 0 Å². The molecule has 0 aromatic carbocycles. The summed E-state index contributed by atoms with van der Waals surface area (Å²) < 4.78 is 10.6. The maximum atomic E-state index is 12.2. The van der Waals surface area contributed by atoms with Crippen LogP contribution in [0.4, 0.5) is 9.59 Å². The Bertz CT molecular complexity index is 499. The first-order valence-electron chi connectivity index (χ1n) is 8.25.